The molecule has 1 unspecified atom stereocenters. The molecule has 2 aromatic rings. The Morgan fingerprint density at radius 3 is 2.93 bits per heavy atom. The number of carbonyl (C=O) groups is 1. The summed E-state index contributed by atoms with van der Waals surface area (Å²) in [7, 11) is 1.97. The number of carbonyl (C=O) groups excluding carboxylic acids is 1. The fourth-order valence-electron chi connectivity index (χ4n) is 4.04. The molecule has 2 aliphatic rings. The number of halogens is 1. The van der Waals surface area contributed by atoms with E-state index in [4.69, 9.17) is 9.47 Å². The van der Waals surface area contributed by atoms with Crippen molar-refractivity contribution in [2.24, 2.45) is 0 Å². The van der Waals surface area contributed by atoms with E-state index in [0.717, 1.165) is 24.1 Å². The molecule has 0 saturated heterocycles. The molecular weight excluding hydrogens is 349 g/mol. The molecule has 27 heavy (non-hydrogen) atoms. The molecule has 0 bridgehead atoms. The minimum Gasteiger partial charge on any atom is -0.454 e. The second kappa shape index (κ2) is 7.29. The van der Waals surface area contributed by atoms with Crippen molar-refractivity contribution in [1.82, 2.24) is 4.90 Å². The zero-order valence-electron chi connectivity index (χ0n) is 15.2. The van der Waals surface area contributed by atoms with Crippen LogP contribution in [-0.4, -0.2) is 36.2 Å². The lowest BCUT2D eigenvalue weighted by Gasteiger charge is -2.36. The van der Waals surface area contributed by atoms with Gasteiger partial charge in [-0.15, -0.1) is 0 Å². The zero-order valence-corrected chi connectivity index (χ0v) is 15.2. The van der Waals surface area contributed by atoms with Crippen LogP contribution < -0.4 is 9.47 Å². The smallest absolute Gasteiger partial charge is 0.231 e. The van der Waals surface area contributed by atoms with E-state index in [0.29, 0.717) is 22.6 Å². The summed E-state index contributed by atoms with van der Waals surface area (Å²) in [4.78, 5) is 14.8. The molecule has 142 valence electrons. The van der Waals surface area contributed by atoms with Crippen LogP contribution in [0.15, 0.2) is 30.3 Å². The first-order valence-corrected chi connectivity index (χ1v) is 9.09. The van der Waals surface area contributed by atoms with Crippen LogP contribution in [0.4, 0.5) is 4.39 Å². The number of hydrogen-bond acceptors (Lipinski definition) is 5. The van der Waals surface area contributed by atoms with Gasteiger partial charge in [0.25, 0.3) is 0 Å². The number of hydrogen-bond donors (Lipinski definition) is 1. The van der Waals surface area contributed by atoms with E-state index in [-0.39, 0.29) is 43.9 Å². The quantitative estimate of drug-likeness (QED) is 0.876. The molecule has 5 nitrogen and oxygen atoms in total. The predicted molar refractivity (Wildman–Crippen MR) is 97.3 cm³/mol. The van der Waals surface area contributed by atoms with E-state index >= 15 is 0 Å². The highest BCUT2D eigenvalue weighted by Crippen LogP contribution is 2.45. The van der Waals surface area contributed by atoms with Gasteiger partial charge in [0.1, 0.15) is 11.6 Å². The van der Waals surface area contributed by atoms with Gasteiger partial charge in [0.2, 0.25) is 6.79 Å². The van der Waals surface area contributed by atoms with Crippen molar-refractivity contribution >= 4 is 5.78 Å². The Hall–Kier alpha value is -2.44. The number of aliphatic hydroxyl groups is 1. The third-order valence-electron chi connectivity index (χ3n) is 5.42. The fourth-order valence-corrected chi connectivity index (χ4v) is 4.04. The predicted octanol–water partition coefficient (Wildman–Crippen LogP) is 2.78. The maximum atomic E-state index is 13.9. The van der Waals surface area contributed by atoms with Crippen molar-refractivity contribution in [3.05, 3.63) is 58.4 Å². The highest BCUT2D eigenvalue weighted by Gasteiger charge is 2.33. The lowest BCUT2D eigenvalue weighted by atomic mass is 9.85. The number of likely N-dealkylation sites (N-methyl/N-ethyl adjacent to an activating group) is 1. The number of ketones is 1. The molecule has 0 amide bonds. The average molecular weight is 371 g/mol. The van der Waals surface area contributed by atoms with Crippen molar-refractivity contribution < 1.29 is 23.8 Å². The van der Waals surface area contributed by atoms with Gasteiger partial charge < -0.3 is 14.6 Å². The Morgan fingerprint density at radius 2 is 2.15 bits per heavy atom. The number of ether oxygens (including phenoxy) is 2. The molecule has 1 atom stereocenters. The first kappa shape index (κ1) is 17.9. The molecule has 6 heteroatoms. The average Bonchev–Trinajstić information content (AvgIpc) is 3.12. The molecule has 0 aliphatic carbocycles. The molecule has 2 aromatic carbocycles. The van der Waals surface area contributed by atoms with E-state index < -0.39 is 0 Å². The van der Waals surface area contributed by atoms with Gasteiger partial charge in [0.05, 0.1) is 6.61 Å². The summed E-state index contributed by atoms with van der Waals surface area (Å²) in [5.74, 6) is 0.825. The third kappa shape index (κ3) is 3.31. The number of nitrogens with zero attached hydrogens (tertiary/aromatic N) is 1. The molecular formula is C21H22FNO4. The van der Waals surface area contributed by atoms with Crippen LogP contribution in [-0.2, 0) is 24.2 Å². The van der Waals surface area contributed by atoms with Crippen LogP contribution in [0.1, 0.15) is 34.7 Å². The SMILES string of the molecule is CN1CCc2cc3c(c(CO)c2C1CC(=O)Cc1ccccc1F)OCO3. The van der Waals surface area contributed by atoms with Crippen LogP contribution in [0.3, 0.4) is 0 Å². The second-order valence-corrected chi connectivity index (χ2v) is 7.08. The number of benzene rings is 2. The van der Waals surface area contributed by atoms with Gasteiger partial charge in [-0.3, -0.25) is 9.69 Å². The molecule has 4 rings (SSSR count). The van der Waals surface area contributed by atoms with E-state index in [1.54, 1.807) is 18.2 Å². The molecule has 2 heterocycles. The first-order chi connectivity index (χ1) is 13.1. The van der Waals surface area contributed by atoms with Crippen LogP contribution in [0.5, 0.6) is 11.5 Å². The van der Waals surface area contributed by atoms with Gasteiger partial charge in [-0.25, -0.2) is 4.39 Å². The summed E-state index contributed by atoms with van der Waals surface area (Å²) in [6, 6.07) is 8.14. The first-order valence-electron chi connectivity index (χ1n) is 9.09. The number of rotatable bonds is 5. The van der Waals surface area contributed by atoms with Gasteiger partial charge in [0.15, 0.2) is 11.5 Å². The second-order valence-electron chi connectivity index (χ2n) is 7.08. The normalized spacial score (nSPS) is 18.4. The zero-order chi connectivity index (χ0) is 19.0. The van der Waals surface area contributed by atoms with E-state index in [9.17, 15) is 14.3 Å². The Kier molecular flexibility index (Phi) is 4.85. The van der Waals surface area contributed by atoms with Crippen LogP contribution in [0, 0.1) is 5.82 Å². The highest BCUT2D eigenvalue weighted by molar-refractivity contribution is 5.82. The van der Waals surface area contributed by atoms with Crippen molar-refractivity contribution in [2.75, 3.05) is 20.4 Å². The fraction of sp³-hybridized carbons (Fsp3) is 0.381. The number of fused-ring (bicyclic) bond motifs is 2. The number of aliphatic hydroxyl groups excluding tert-OH is 1. The Balaban J connectivity index is 1.64. The maximum absolute atomic E-state index is 13.9. The van der Waals surface area contributed by atoms with Crippen LogP contribution in [0.25, 0.3) is 0 Å². The van der Waals surface area contributed by atoms with Gasteiger partial charge >= 0.3 is 0 Å². The van der Waals surface area contributed by atoms with E-state index in [1.807, 2.05) is 13.1 Å². The summed E-state index contributed by atoms with van der Waals surface area (Å²) in [6.45, 7) is 0.758. The summed E-state index contributed by atoms with van der Waals surface area (Å²) in [5.41, 5.74) is 3.12. The monoisotopic (exact) mass is 371 g/mol. The molecule has 0 aromatic heterocycles. The van der Waals surface area contributed by atoms with Crippen molar-refractivity contribution in [3.63, 3.8) is 0 Å². The minimum atomic E-state index is -0.359. The van der Waals surface area contributed by atoms with Gasteiger partial charge in [0, 0.05) is 31.0 Å². The van der Waals surface area contributed by atoms with Crippen molar-refractivity contribution in [2.45, 2.75) is 31.9 Å². The Morgan fingerprint density at radius 1 is 1.33 bits per heavy atom. The molecule has 1 N–H and O–H groups in total. The molecule has 0 radical (unpaired) electrons. The standard InChI is InChI=1S/C21H22FNO4/c1-23-7-6-14-9-19-21(27-12-26-19)16(11-24)20(14)18(23)10-15(25)8-13-4-2-3-5-17(13)22/h2-5,9,18,24H,6-8,10-12H2,1H3. The minimum absolute atomic E-state index is 0.0358. The summed E-state index contributed by atoms with van der Waals surface area (Å²) in [6.07, 6.45) is 1.13. The van der Waals surface area contributed by atoms with E-state index in [2.05, 4.69) is 4.90 Å². The molecule has 2 aliphatic heterocycles. The van der Waals surface area contributed by atoms with Crippen molar-refractivity contribution in [1.29, 1.82) is 0 Å². The summed E-state index contributed by atoms with van der Waals surface area (Å²) < 4.78 is 24.9. The van der Waals surface area contributed by atoms with E-state index in [1.165, 1.54) is 6.07 Å². The van der Waals surface area contributed by atoms with Gasteiger partial charge in [-0.1, -0.05) is 18.2 Å². The molecule has 0 fully saturated rings. The molecule has 0 saturated carbocycles. The summed E-state index contributed by atoms with van der Waals surface area (Å²) in [5, 5.41) is 9.98. The van der Waals surface area contributed by atoms with Crippen molar-refractivity contribution in [3.8, 4) is 11.5 Å². The summed E-state index contributed by atoms with van der Waals surface area (Å²) >= 11 is 0. The molecule has 0 spiro atoms. The topological polar surface area (TPSA) is 59.0 Å². The third-order valence-corrected chi connectivity index (χ3v) is 5.42. The number of Topliss-reactive ketones (excluding diaryl/α,β-unsaturated/α-hetero) is 1. The highest BCUT2D eigenvalue weighted by atomic mass is 19.1. The maximum Gasteiger partial charge on any atom is 0.231 e. The van der Waals surface area contributed by atoms with Crippen LogP contribution >= 0.6 is 0 Å². The lowest BCUT2D eigenvalue weighted by Crippen LogP contribution is -2.34. The Bertz CT molecular complexity index is 883. The largest absolute Gasteiger partial charge is 0.454 e. The van der Waals surface area contributed by atoms with Gasteiger partial charge in [-0.2, -0.15) is 0 Å². The van der Waals surface area contributed by atoms with Crippen LogP contribution in [0.2, 0.25) is 0 Å². The van der Waals surface area contributed by atoms with Gasteiger partial charge in [-0.05, 0) is 42.3 Å². The lowest BCUT2D eigenvalue weighted by molar-refractivity contribution is -0.119. The Labute approximate surface area is 157 Å².